The van der Waals surface area contributed by atoms with Gasteiger partial charge >= 0.3 is 0 Å². The predicted octanol–water partition coefficient (Wildman–Crippen LogP) is 4.04. The Kier molecular flexibility index (Phi) is 5.30. The molecule has 1 amide bonds. The molecule has 0 radical (unpaired) electrons. The van der Waals surface area contributed by atoms with Crippen LogP contribution in [0.15, 0.2) is 30.5 Å². The number of benzene rings is 1. The monoisotopic (exact) mass is 438 g/mol. The highest BCUT2D eigenvalue weighted by atomic mass is 35.5. The molecule has 2 aromatic heterocycles. The van der Waals surface area contributed by atoms with Gasteiger partial charge in [0.15, 0.2) is 5.65 Å². The summed E-state index contributed by atoms with van der Waals surface area (Å²) in [6.45, 7) is 7.15. The van der Waals surface area contributed by atoms with Gasteiger partial charge in [-0.3, -0.25) is 4.79 Å². The quantitative estimate of drug-likeness (QED) is 0.601. The summed E-state index contributed by atoms with van der Waals surface area (Å²) in [5, 5.41) is 6.23. The number of hydrogen-bond donors (Lipinski definition) is 0. The van der Waals surface area contributed by atoms with Gasteiger partial charge in [0, 0.05) is 43.5 Å². The van der Waals surface area contributed by atoms with Crippen LogP contribution in [0.5, 0.6) is 0 Å². The minimum atomic E-state index is 0.245. The fourth-order valence-electron chi connectivity index (χ4n) is 4.12. The Morgan fingerprint density at radius 2 is 1.94 bits per heavy atom. The van der Waals surface area contributed by atoms with Crippen LogP contribution in [0.4, 0.5) is 5.82 Å². The van der Waals surface area contributed by atoms with Crippen molar-refractivity contribution >= 4 is 34.4 Å². The molecule has 3 aromatic rings. The molecule has 0 bridgehead atoms. The SMILES string of the molecule is CC(C)CC(=O)N1CCN(c2nc(C3CC3)nc3c2cnn3-c2cccc(Cl)c2)CC1. The van der Waals surface area contributed by atoms with E-state index in [0.29, 0.717) is 23.3 Å². The molecule has 0 spiro atoms. The molecule has 1 aliphatic heterocycles. The van der Waals surface area contributed by atoms with Crippen molar-refractivity contribution in [2.75, 3.05) is 31.1 Å². The molecule has 31 heavy (non-hydrogen) atoms. The van der Waals surface area contributed by atoms with Gasteiger partial charge in [0.05, 0.1) is 17.3 Å². The topological polar surface area (TPSA) is 67.2 Å². The van der Waals surface area contributed by atoms with Gasteiger partial charge in [-0.25, -0.2) is 14.6 Å². The third-order valence-corrected chi connectivity index (χ3v) is 6.17. The van der Waals surface area contributed by atoms with Crippen LogP contribution in [-0.2, 0) is 4.79 Å². The molecule has 1 aliphatic carbocycles. The summed E-state index contributed by atoms with van der Waals surface area (Å²) in [7, 11) is 0. The zero-order chi connectivity index (χ0) is 21.5. The van der Waals surface area contributed by atoms with Crippen LogP contribution in [0.2, 0.25) is 5.02 Å². The van der Waals surface area contributed by atoms with Crippen LogP contribution in [0, 0.1) is 5.92 Å². The fourth-order valence-corrected chi connectivity index (χ4v) is 4.30. The largest absolute Gasteiger partial charge is 0.352 e. The van der Waals surface area contributed by atoms with Gasteiger partial charge in [0.2, 0.25) is 5.91 Å². The van der Waals surface area contributed by atoms with E-state index < -0.39 is 0 Å². The summed E-state index contributed by atoms with van der Waals surface area (Å²) in [6.07, 6.45) is 4.72. The van der Waals surface area contributed by atoms with E-state index in [1.54, 1.807) is 0 Å². The van der Waals surface area contributed by atoms with Crippen LogP contribution < -0.4 is 4.90 Å². The fraction of sp³-hybridized carbons (Fsp3) is 0.478. The third kappa shape index (κ3) is 4.11. The van der Waals surface area contributed by atoms with E-state index in [0.717, 1.165) is 67.4 Å². The number of rotatable bonds is 5. The molecule has 2 fully saturated rings. The summed E-state index contributed by atoms with van der Waals surface area (Å²) >= 11 is 6.21. The molecular formula is C23H27ClN6O. The van der Waals surface area contributed by atoms with E-state index >= 15 is 0 Å². The Hall–Kier alpha value is -2.67. The highest BCUT2D eigenvalue weighted by molar-refractivity contribution is 6.30. The van der Waals surface area contributed by atoms with Gasteiger partial charge in [0.25, 0.3) is 0 Å². The van der Waals surface area contributed by atoms with Gasteiger partial charge < -0.3 is 9.80 Å². The number of fused-ring (bicyclic) bond motifs is 1. The van der Waals surface area contributed by atoms with Crippen molar-refractivity contribution < 1.29 is 4.79 Å². The Bertz CT molecular complexity index is 1110. The molecule has 2 aliphatic rings. The van der Waals surface area contributed by atoms with E-state index in [9.17, 15) is 4.79 Å². The molecule has 7 nitrogen and oxygen atoms in total. The van der Waals surface area contributed by atoms with Gasteiger partial charge in [-0.05, 0) is 37.0 Å². The van der Waals surface area contributed by atoms with Crippen molar-refractivity contribution in [1.82, 2.24) is 24.6 Å². The number of halogens is 1. The highest BCUT2D eigenvalue weighted by Gasteiger charge is 2.31. The van der Waals surface area contributed by atoms with Crippen molar-refractivity contribution in [3.8, 4) is 5.69 Å². The van der Waals surface area contributed by atoms with Crippen LogP contribution in [0.25, 0.3) is 16.7 Å². The molecule has 0 unspecified atom stereocenters. The maximum Gasteiger partial charge on any atom is 0.222 e. The first-order valence-electron chi connectivity index (χ1n) is 11.0. The molecule has 162 valence electrons. The Balaban J connectivity index is 1.47. The summed E-state index contributed by atoms with van der Waals surface area (Å²) in [5.74, 6) is 2.88. The summed E-state index contributed by atoms with van der Waals surface area (Å²) in [5.41, 5.74) is 1.70. The average molecular weight is 439 g/mol. The number of aromatic nitrogens is 4. The van der Waals surface area contributed by atoms with E-state index in [1.807, 2.05) is 40.0 Å². The molecule has 5 rings (SSSR count). The maximum absolute atomic E-state index is 12.5. The molecule has 0 atom stereocenters. The maximum atomic E-state index is 12.5. The second-order valence-corrected chi connectivity index (χ2v) is 9.36. The first-order chi connectivity index (χ1) is 15.0. The summed E-state index contributed by atoms with van der Waals surface area (Å²) < 4.78 is 1.85. The van der Waals surface area contributed by atoms with E-state index in [4.69, 9.17) is 21.6 Å². The van der Waals surface area contributed by atoms with Crippen LogP contribution in [0.1, 0.15) is 44.9 Å². The zero-order valence-corrected chi connectivity index (χ0v) is 18.7. The minimum Gasteiger partial charge on any atom is -0.352 e. The molecule has 3 heterocycles. The molecule has 1 saturated carbocycles. The van der Waals surface area contributed by atoms with E-state index in [2.05, 4.69) is 23.8 Å². The Morgan fingerprint density at radius 3 is 2.61 bits per heavy atom. The van der Waals surface area contributed by atoms with Gasteiger partial charge in [-0.15, -0.1) is 0 Å². The van der Waals surface area contributed by atoms with Gasteiger partial charge in [0.1, 0.15) is 11.6 Å². The lowest BCUT2D eigenvalue weighted by Crippen LogP contribution is -2.49. The van der Waals surface area contributed by atoms with E-state index in [-0.39, 0.29) is 5.91 Å². The lowest BCUT2D eigenvalue weighted by atomic mass is 10.1. The number of carbonyl (C=O) groups is 1. The molecular weight excluding hydrogens is 412 g/mol. The van der Waals surface area contributed by atoms with Crippen molar-refractivity contribution in [3.05, 3.63) is 41.3 Å². The van der Waals surface area contributed by atoms with Crippen molar-refractivity contribution in [2.24, 2.45) is 5.92 Å². The lowest BCUT2D eigenvalue weighted by Gasteiger charge is -2.36. The first-order valence-corrected chi connectivity index (χ1v) is 11.4. The molecule has 8 heteroatoms. The first kappa shape index (κ1) is 20.2. The third-order valence-electron chi connectivity index (χ3n) is 5.94. The predicted molar refractivity (Wildman–Crippen MR) is 122 cm³/mol. The molecule has 0 N–H and O–H groups in total. The van der Waals surface area contributed by atoms with E-state index in [1.165, 1.54) is 0 Å². The van der Waals surface area contributed by atoms with Gasteiger partial charge in [-0.2, -0.15) is 5.10 Å². The lowest BCUT2D eigenvalue weighted by molar-refractivity contribution is -0.132. The number of piperazine rings is 1. The molecule has 1 saturated heterocycles. The summed E-state index contributed by atoms with van der Waals surface area (Å²) in [4.78, 5) is 26.6. The second kappa shape index (κ2) is 8.11. The van der Waals surface area contributed by atoms with Crippen molar-refractivity contribution in [3.63, 3.8) is 0 Å². The average Bonchev–Trinajstić information content (AvgIpc) is 3.52. The van der Waals surface area contributed by atoms with Crippen LogP contribution in [0.3, 0.4) is 0 Å². The standard InChI is InChI=1S/C23H27ClN6O/c1-15(2)12-20(31)28-8-10-29(11-9-28)22-19-14-25-30(18-5-3-4-17(24)13-18)23(19)27-21(26-22)16-6-7-16/h3-5,13-16H,6-12H2,1-2H3. The number of hydrogen-bond acceptors (Lipinski definition) is 5. The summed E-state index contributed by atoms with van der Waals surface area (Å²) in [6, 6.07) is 7.65. The van der Waals surface area contributed by atoms with Crippen LogP contribution in [-0.4, -0.2) is 56.7 Å². The van der Waals surface area contributed by atoms with Crippen LogP contribution >= 0.6 is 11.6 Å². The van der Waals surface area contributed by atoms with Gasteiger partial charge in [-0.1, -0.05) is 31.5 Å². The number of anilines is 1. The zero-order valence-electron chi connectivity index (χ0n) is 18.0. The Labute approximate surface area is 187 Å². The number of amides is 1. The number of nitrogens with zero attached hydrogens (tertiary/aromatic N) is 6. The van der Waals surface area contributed by atoms with Crippen molar-refractivity contribution in [1.29, 1.82) is 0 Å². The highest BCUT2D eigenvalue weighted by Crippen LogP contribution is 2.40. The molecule has 1 aromatic carbocycles. The Morgan fingerprint density at radius 1 is 1.16 bits per heavy atom. The van der Waals surface area contributed by atoms with Crippen molar-refractivity contribution in [2.45, 2.75) is 39.0 Å². The number of carbonyl (C=O) groups excluding carboxylic acids is 1. The second-order valence-electron chi connectivity index (χ2n) is 8.92. The minimum absolute atomic E-state index is 0.245. The normalized spacial score (nSPS) is 17.0. The smallest absolute Gasteiger partial charge is 0.222 e.